The molecule has 0 bridgehead atoms. The van der Waals surface area contributed by atoms with Crippen molar-refractivity contribution in [2.45, 2.75) is 84.1 Å². The molecule has 55 heavy (non-hydrogen) atoms. The van der Waals surface area contributed by atoms with E-state index in [1.165, 1.54) is 0 Å². The number of aliphatic hydroxyl groups excluding tert-OH is 1. The van der Waals surface area contributed by atoms with Gasteiger partial charge in [0.05, 0.1) is 21.7 Å². The molecule has 3 aromatic rings. The molecule has 2 unspecified atom stereocenters. The molecule has 4 aliphatic heterocycles. The average molecular weight is 765 g/mol. The van der Waals surface area contributed by atoms with Gasteiger partial charge in [-0.05, 0) is 72.5 Å². The molecule has 3 N–H and O–H groups in total. The molecule has 1 saturated carbocycles. The van der Waals surface area contributed by atoms with Gasteiger partial charge in [-0.3, -0.25) is 33.8 Å². The summed E-state index contributed by atoms with van der Waals surface area (Å²) in [4.78, 5) is 70.9. The number of amides is 5. The quantitative estimate of drug-likeness (QED) is 0.302. The number of nitrogens with one attached hydrogen (secondary N) is 2. The number of aliphatic hydroxyl groups is 1. The highest BCUT2D eigenvalue weighted by atomic mass is 35.5. The summed E-state index contributed by atoms with van der Waals surface area (Å²) in [7, 11) is 0. The fraction of sp³-hybridized carbons (Fsp3) is 0.415. The van der Waals surface area contributed by atoms with Crippen molar-refractivity contribution in [3.05, 3.63) is 98.6 Å². The van der Waals surface area contributed by atoms with Crippen LogP contribution in [0, 0.1) is 22.2 Å². The fourth-order valence-corrected chi connectivity index (χ4v) is 9.57. The number of hydrogen-bond donors (Lipinski definition) is 3. The molecular weight excluding hydrogens is 724 g/mol. The van der Waals surface area contributed by atoms with Gasteiger partial charge in [0.1, 0.15) is 30.2 Å². The Balaban J connectivity index is 0.845. The lowest BCUT2D eigenvalue weighted by Gasteiger charge is -2.63. The number of carbonyl (C=O) groups excluding carboxylic acids is 5. The number of carbonyl (C=O) groups is 5. The molecule has 2 atom stereocenters. The number of halogens is 1. The maximum atomic E-state index is 13.4. The van der Waals surface area contributed by atoms with Crippen LogP contribution >= 0.6 is 11.6 Å². The highest BCUT2D eigenvalue weighted by Gasteiger charge is 2.64. The number of ether oxygens (including phenoxy) is 1. The second-order valence-electron chi connectivity index (χ2n) is 16.4. The van der Waals surface area contributed by atoms with E-state index in [2.05, 4.69) is 15.5 Å². The topological polar surface area (TPSA) is 172 Å². The monoisotopic (exact) mass is 764 g/mol. The maximum absolute atomic E-state index is 13.4. The van der Waals surface area contributed by atoms with Gasteiger partial charge in [-0.2, -0.15) is 5.26 Å². The van der Waals surface area contributed by atoms with Crippen molar-refractivity contribution in [2.24, 2.45) is 10.8 Å². The van der Waals surface area contributed by atoms with Gasteiger partial charge in [-0.15, -0.1) is 0 Å². The van der Waals surface area contributed by atoms with Crippen molar-refractivity contribution in [3.8, 4) is 11.8 Å². The summed E-state index contributed by atoms with van der Waals surface area (Å²) < 4.78 is 6.33. The fourth-order valence-electron chi connectivity index (χ4n) is 9.36. The van der Waals surface area contributed by atoms with Crippen LogP contribution in [-0.4, -0.2) is 92.9 Å². The van der Waals surface area contributed by atoms with Crippen LogP contribution in [0.3, 0.4) is 0 Å². The Bertz CT molecular complexity index is 2150. The zero-order valence-corrected chi connectivity index (χ0v) is 31.6. The molecule has 284 valence electrons. The number of imide groups is 1. The predicted octanol–water partition coefficient (Wildman–Crippen LogP) is 3.86. The standard InChI is InChI=1S/C41H41ClN6O7/c1-40(2)38(41(3,4)39(40)55-27-10-9-23(16-43)30(42)15-27)45-33(50)21-5-7-22(8-6-21)35(52)47-19-26(20-47)46-17-24-13-28-29(14-25(24)18-46)37(54)48(36(28)53)31-11-12-32(49)44-34(31)51/h5-10,13-15,26,31-32,38-39,49H,11-12,17-20H2,1-4H3,(H,44,51)(H,45,50). The first-order chi connectivity index (χ1) is 26.1. The number of hydrogen-bond acceptors (Lipinski definition) is 9. The average Bonchev–Trinajstić information content (AvgIpc) is 3.64. The van der Waals surface area contributed by atoms with Gasteiger partial charge in [0, 0.05) is 66.3 Å². The van der Waals surface area contributed by atoms with Crippen LogP contribution < -0.4 is 15.4 Å². The van der Waals surface area contributed by atoms with Crippen molar-refractivity contribution in [1.29, 1.82) is 5.26 Å². The third-order valence-electron chi connectivity index (χ3n) is 12.1. The predicted molar refractivity (Wildman–Crippen MR) is 199 cm³/mol. The first kappa shape index (κ1) is 36.7. The Hall–Kier alpha value is -5.29. The first-order valence-electron chi connectivity index (χ1n) is 18.4. The Labute approximate surface area is 323 Å². The van der Waals surface area contributed by atoms with Crippen LogP contribution in [0.4, 0.5) is 0 Å². The molecule has 0 aromatic heterocycles. The van der Waals surface area contributed by atoms with Gasteiger partial charge in [0.15, 0.2) is 0 Å². The van der Waals surface area contributed by atoms with E-state index in [9.17, 15) is 34.3 Å². The van der Waals surface area contributed by atoms with Crippen LogP contribution in [0.1, 0.15) is 98.7 Å². The molecule has 1 aliphatic carbocycles. The minimum absolute atomic E-state index is 0.104. The lowest BCUT2D eigenvalue weighted by atomic mass is 9.49. The second-order valence-corrected chi connectivity index (χ2v) is 16.8. The van der Waals surface area contributed by atoms with Gasteiger partial charge in [-0.1, -0.05) is 39.3 Å². The molecule has 3 fully saturated rings. The molecule has 14 heteroatoms. The van der Waals surface area contributed by atoms with Crippen molar-refractivity contribution < 1.29 is 33.8 Å². The van der Waals surface area contributed by atoms with E-state index in [1.54, 1.807) is 59.5 Å². The number of nitriles is 1. The number of benzene rings is 3. The second kappa shape index (κ2) is 13.2. The minimum atomic E-state index is -0.982. The SMILES string of the molecule is CC1(C)C(NC(=O)c2ccc(C(=O)N3CC(N4Cc5cc6c(cc5C4)C(=O)N(C4CCC(O)NC4=O)C6=O)C3)cc2)C(C)(C)C1Oc1ccc(C#N)c(Cl)c1. The molecule has 5 amide bonds. The van der Waals surface area contributed by atoms with E-state index in [0.717, 1.165) is 16.0 Å². The van der Waals surface area contributed by atoms with Crippen LogP contribution in [0.5, 0.6) is 5.75 Å². The molecule has 2 saturated heterocycles. The van der Waals surface area contributed by atoms with E-state index < -0.39 is 40.8 Å². The summed E-state index contributed by atoms with van der Waals surface area (Å²) in [5.74, 6) is -1.35. The Morgan fingerprint density at radius 2 is 1.51 bits per heavy atom. The molecule has 0 spiro atoms. The smallest absolute Gasteiger partial charge is 0.262 e. The van der Waals surface area contributed by atoms with E-state index in [4.69, 9.17) is 16.3 Å². The van der Waals surface area contributed by atoms with Crippen molar-refractivity contribution in [2.75, 3.05) is 13.1 Å². The van der Waals surface area contributed by atoms with E-state index in [1.807, 2.05) is 33.8 Å². The minimum Gasteiger partial charge on any atom is -0.489 e. The summed E-state index contributed by atoms with van der Waals surface area (Å²) in [5.41, 5.74) is 2.91. The lowest BCUT2D eigenvalue weighted by Crippen LogP contribution is -2.74. The van der Waals surface area contributed by atoms with Gasteiger partial charge in [0.25, 0.3) is 23.6 Å². The summed E-state index contributed by atoms with van der Waals surface area (Å²) in [6.45, 7) is 10.3. The van der Waals surface area contributed by atoms with Crippen LogP contribution in [0.25, 0.3) is 0 Å². The zero-order chi connectivity index (χ0) is 39.1. The molecule has 4 heterocycles. The summed E-state index contributed by atoms with van der Waals surface area (Å²) >= 11 is 6.22. The van der Waals surface area contributed by atoms with Gasteiger partial charge >= 0.3 is 0 Å². The van der Waals surface area contributed by atoms with Gasteiger partial charge in [0.2, 0.25) is 5.91 Å². The van der Waals surface area contributed by atoms with Gasteiger partial charge < -0.3 is 25.4 Å². The first-order valence-corrected chi connectivity index (χ1v) is 18.8. The van der Waals surface area contributed by atoms with E-state index >= 15 is 0 Å². The number of rotatable bonds is 7. The number of nitrogens with zero attached hydrogens (tertiary/aromatic N) is 4. The molecule has 8 rings (SSSR count). The number of fused-ring (bicyclic) bond motifs is 2. The Morgan fingerprint density at radius 1 is 0.909 bits per heavy atom. The molecular formula is C41H41ClN6O7. The van der Waals surface area contributed by atoms with Crippen LogP contribution in [-0.2, 0) is 17.9 Å². The van der Waals surface area contributed by atoms with Crippen molar-refractivity contribution in [3.63, 3.8) is 0 Å². The molecule has 3 aromatic carbocycles. The number of piperidine rings is 1. The zero-order valence-electron chi connectivity index (χ0n) is 30.9. The maximum Gasteiger partial charge on any atom is 0.262 e. The Kier molecular flexibility index (Phi) is 8.79. The summed E-state index contributed by atoms with van der Waals surface area (Å²) in [5, 5.41) is 24.8. The molecule has 0 radical (unpaired) electrons. The number of likely N-dealkylation sites (tertiary alicyclic amines) is 1. The van der Waals surface area contributed by atoms with E-state index in [0.29, 0.717) is 53.6 Å². The van der Waals surface area contributed by atoms with E-state index in [-0.39, 0.29) is 54.0 Å². The third-order valence-corrected chi connectivity index (χ3v) is 12.4. The van der Waals surface area contributed by atoms with Crippen molar-refractivity contribution >= 4 is 41.1 Å². The van der Waals surface area contributed by atoms with Crippen molar-refractivity contribution in [1.82, 2.24) is 25.3 Å². The van der Waals surface area contributed by atoms with Crippen LogP contribution in [0.15, 0.2) is 54.6 Å². The normalized spacial score (nSPS) is 25.3. The largest absolute Gasteiger partial charge is 0.489 e. The lowest BCUT2D eigenvalue weighted by molar-refractivity contribution is -0.164. The highest BCUT2D eigenvalue weighted by molar-refractivity contribution is 6.31. The third kappa shape index (κ3) is 6.03. The summed E-state index contributed by atoms with van der Waals surface area (Å²) in [6, 6.07) is 16.2. The van der Waals surface area contributed by atoms with Gasteiger partial charge in [-0.25, -0.2) is 0 Å². The highest BCUT2D eigenvalue weighted by Crippen LogP contribution is 2.55. The molecule has 5 aliphatic rings. The summed E-state index contributed by atoms with van der Waals surface area (Å²) in [6.07, 6.45) is -0.755. The Morgan fingerprint density at radius 3 is 2.07 bits per heavy atom. The van der Waals surface area contributed by atoms with Crippen LogP contribution in [0.2, 0.25) is 5.02 Å². The molecule has 13 nitrogen and oxygen atoms in total.